The molecule has 0 aliphatic heterocycles. The van der Waals surface area contributed by atoms with Crippen molar-refractivity contribution in [2.24, 2.45) is 11.7 Å². The summed E-state index contributed by atoms with van der Waals surface area (Å²) >= 11 is 0. The maximum absolute atomic E-state index is 12.5. The number of halogens is 1. The second-order valence-corrected chi connectivity index (χ2v) is 8.55. The zero-order valence-corrected chi connectivity index (χ0v) is 16.4. The summed E-state index contributed by atoms with van der Waals surface area (Å²) in [5, 5.41) is 2.78. The van der Waals surface area contributed by atoms with Crippen molar-refractivity contribution in [3.05, 3.63) is 18.2 Å². The molecule has 1 amide bonds. The summed E-state index contributed by atoms with van der Waals surface area (Å²) in [6.45, 7) is 0. The van der Waals surface area contributed by atoms with Crippen LogP contribution in [0.25, 0.3) is 0 Å². The summed E-state index contributed by atoms with van der Waals surface area (Å²) in [7, 11) is -2.25. The van der Waals surface area contributed by atoms with Crippen LogP contribution in [-0.4, -0.2) is 33.5 Å². The van der Waals surface area contributed by atoms with Crippen LogP contribution in [0.5, 0.6) is 5.75 Å². The Hall–Kier alpha value is -1.35. The van der Waals surface area contributed by atoms with Gasteiger partial charge in [-0.25, -0.2) is 13.1 Å². The minimum atomic E-state index is -3.68. The number of anilines is 1. The lowest BCUT2D eigenvalue weighted by Gasteiger charge is -2.16. The van der Waals surface area contributed by atoms with E-state index in [9.17, 15) is 13.2 Å². The number of hydrogen-bond donors (Lipinski definition) is 3. The molecule has 3 rings (SSSR count). The van der Waals surface area contributed by atoms with Crippen molar-refractivity contribution in [2.75, 3.05) is 12.4 Å². The predicted molar refractivity (Wildman–Crippen MR) is 102 cm³/mol. The lowest BCUT2D eigenvalue weighted by atomic mass is 10.00. The molecule has 0 bridgehead atoms. The van der Waals surface area contributed by atoms with Crippen LogP contribution in [0.1, 0.15) is 38.5 Å². The highest BCUT2D eigenvalue weighted by atomic mass is 35.5. The molecule has 2 atom stereocenters. The summed E-state index contributed by atoms with van der Waals surface area (Å²) in [6.07, 6.45) is 5.02. The maximum Gasteiger partial charge on any atom is 0.244 e. The molecule has 1 aromatic carbocycles. The zero-order chi connectivity index (χ0) is 18.0. The van der Waals surface area contributed by atoms with Gasteiger partial charge in [0.05, 0.1) is 7.11 Å². The van der Waals surface area contributed by atoms with E-state index in [1.807, 2.05) is 0 Å². The van der Waals surface area contributed by atoms with Crippen molar-refractivity contribution in [3.8, 4) is 5.75 Å². The van der Waals surface area contributed by atoms with Gasteiger partial charge in [-0.2, -0.15) is 0 Å². The van der Waals surface area contributed by atoms with Crippen molar-refractivity contribution in [1.29, 1.82) is 0 Å². The molecule has 2 aliphatic rings. The number of sulfonamides is 1. The van der Waals surface area contributed by atoms with Crippen LogP contribution in [0.15, 0.2) is 23.1 Å². The minimum Gasteiger partial charge on any atom is -0.495 e. The third-order valence-corrected chi connectivity index (χ3v) is 6.34. The molecule has 0 heterocycles. The highest BCUT2D eigenvalue weighted by Gasteiger charge is 2.30. The van der Waals surface area contributed by atoms with Crippen molar-refractivity contribution < 1.29 is 17.9 Å². The fourth-order valence-electron chi connectivity index (χ4n) is 3.22. The first-order valence-electron chi connectivity index (χ1n) is 8.65. The molecule has 146 valence electrons. The number of carbonyl (C=O) groups excluding carboxylic acids is 1. The predicted octanol–water partition coefficient (Wildman–Crippen LogP) is 2.01. The zero-order valence-electron chi connectivity index (χ0n) is 14.7. The highest BCUT2D eigenvalue weighted by molar-refractivity contribution is 7.89. The molecule has 0 spiro atoms. The maximum atomic E-state index is 12.5. The molecule has 2 fully saturated rings. The van der Waals surface area contributed by atoms with E-state index in [-0.39, 0.29) is 47.0 Å². The Morgan fingerprint density at radius 3 is 2.58 bits per heavy atom. The lowest BCUT2D eigenvalue weighted by Crippen LogP contribution is -2.28. The number of ether oxygens (including phenoxy) is 1. The van der Waals surface area contributed by atoms with E-state index >= 15 is 0 Å². The fraction of sp³-hybridized carbons (Fsp3) is 0.588. The van der Waals surface area contributed by atoms with E-state index in [4.69, 9.17) is 10.5 Å². The van der Waals surface area contributed by atoms with Gasteiger partial charge in [-0.15, -0.1) is 12.4 Å². The Morgan fingerprint density at radius 2 is 2.00 bits per heavy atom. The number of nitrogens with one attached hydrogen (secondary N) is 2. The van der Waals surface area contributed by atoms with Crippen molar-refractivity contribution in [3.63, 3.8) is 0 Å². The number of nitrogens with two attached hydrogens (primary N) is 1. The van der Waals surface area contributed by atoms with Gasteiger partial charge >= 0.3 is 0 Å². The highest BCUT2D eigenvalue weighted by Crippen LogP contribution is 2.31. The Kier molecular flexibility index (Phi) is 6.90. The largest absolute Gasteiger partial charge is 0.495 e. The summed E-state index contributed by atoms with van der Waals surface area (Å²) in [5.74, 6) is 0.299. The van der Waals surface area contributed by atoms with Crippen molar-refractivity contribution in [1.82, 2.24) is 4.72 Å². The van der Waals surface area contributed by atoms with Gasteiger partial charge in [-0.3, -0.25) is 4.79 Å². The Balaban J connectivity index is 0.00000243. The van der Waals surface area contributed by atoms with E-state index in [2.05, 4.69) is 10.0 Å². The van der Waals surface area contributed by atoms with Crippen LogP contribution in [0.4, 0.5) is 5.69 Å². The first-order chi connectivity index (χ1) is 11.9. The van der Waals surface area contributed by atoms with Crippen LogP contribution in [0.3, 0.4) is 0 Å². The van der Waals surface area contributed by atoms with Crippen LogP contribution in [0, 0.1) is 5.92 Å². The average Bonchev–Trinajstić information content (AvgIpc) is 3.28. The first-order valence-corrected chi connectivity index (χ1v) is 10.1. The van der Waals surface area contributed by atoms with Crippen molar-refractivity contribution in [2.45, 2.75) is 55.5 Å². The lowest BCUT2D eigenvalue weighted by molar-refractivity contribution is -0.117. The molecule has 2 saturated carbocycles. The SMILES string of the molecule is COc1ccc(NC(=O)C[C@@H]2CCC[C@H]2N)cc1S(=O)(=O)NC1CC1.Cl. The van der Waals surface area contributed by atoms with Crippen molar-refractivity contribution >= 4 is 34.0 Å². The molecule has 0 radical (unpaired) electrons. The molecule has 0 aromatic heterocycles. The number of rotatable bonds is 7. The molecular formula is C17H26ClN3O4S. The van der Waals surface area contributed by atoms with Crippen LogP contribution >= 0.6 is 12.4 Å². The normalized spacial score (nSPS) is 22.5. The van der Waals surface area contributed by atoms with Gasteiger partial charge in [0.1, 0.15) is 10.6 Å². The van der Waals surface area contributed by atoms with E-state index in [1.165, 1.54) is 13.2 Å². The molecule has 7 nitrogen and oxygen atoms in total. The molecular weight excluding hydrogens is 378 g/mol. The van der Waals surface area contributed by atoms with Gasteiger partial charge < -0.3 is 15.8 Å². The molecule has 0 saturated heterocycles. The molecule has 26 heavy (non-hydrogen) atoms. The number of benzene rings is 1. The molecule has 9 heteroatoms. The molecule has 1 aromatic rings. The average molecular weight is 404 g/mol. The summed E-state index contributed by atoms with van der Waals surface area (Å²) in [6, 6.07) is 4.70. The molecule has 2 aliphatic carbocycles. The standard InChI is InChI=1S/C17H25N3O4S.ClH/c1-24-15-8-7-13(10-16(15)25(22,23)20-12-5-6-12)19-17(21)9-11-3-2-4-14(11)18;/h7-8,10-12,14,20H,2-6,9,18H2,1H3,(H,19,21);1H/t11-,14+;/m0./s1. The van der Waals surface area contributed by atoms with Gasteiger partial charge in [0.2, 0.25) is 15.9 Å². The number of carbonyl (C=O) groups is 1. The number of hydrogen-bond acceptors (Lipinski definition) is 5. The smallest absolute Gasteiger partial charge is 0.244 e. The third-order valence-electron chi connectivity index (χ3n) is 4.80. The Bertz CT molecular complexity index is 752. The van der Waals surface area contributed by atoms with Crippen LogP contribution in [0.2, 0.25) is 0 Å². The topological polar surface area (TPSA) is 111 Å². The van der Waals surface area contributed by atoms with Gasteiger partial charge in [0.15, 0.2) is 0 Å². The third kappa shape index (κ3) is 5.09. The number of amides is 1. The second kappa shape index (κ2) is 8.56. The Morgan fingerprint density at radius 1 is 1.27 bits per heavy atom. The van der Waals surface area contributed by atoms with Gasteiger partial charge in [0.25, 0.3) is 0 Å². The summed E-state index contributed by atoms with van der Waals surface area (Å²) in [5.41, 5.74) is 6.45. The summed E-state index contributed by atoms with van der Waals surface area (Å²) in [4.78, 5) is 12.3. The minimum absolute atomic E-state index is 0. The van der Waals surface area contributed by atoms with Gasteiger partial charge in [-0.1, -0.05) is 6.42 Å². The van der Waals surface area contributed by atoms with E-state index in [0.717, 1.165) is 32.1 Å². The first kappa shape index (κ1) is 21.0. The van der Waals surface area contributed by atoms with E-state index in [0.29, 0.717) is 12.1 Å². The quantitative estimate of drug-likeness (QED) is 0.645. The monoisotopic (exact) mass is 403 g/mol. The number of methoxy groups -OCH3 is 1. The second-order valence-electron chi connectivity index (χ2n) is 6.87. The van der Waals surface area contributed by atoms with E-state index in [1.54, 1.807) is 12.1 Å². The Labute approximate surface area is 160 Å². The van der Waals surface area contributed by atoms with Gasteiger partial charge in [0, 0.05) is 24.2 Å². The fourth-order valence-corrected chi connectivity index (χ4v) is 4.72. The molecule has 4 N–H and O–H groups in total. The summed E-state index contributed by atoms with van der Waals surface area (Å²) < 4.78 is 32.8. The van der Waals surface area contributed by atoms with E-state index < -0.39 is 10.0 Å². The molecule has 0 unspecified atom stereocenters. The van der Waals surface area contributed by atoms with Crippen LogP contribution < -0.4 is 20.5 Å². The van der Waals surface area contributed by atoms with Gasteiger partial charge in [-0.05, 0) is 49.8 Å². The van der Waals surface area contributed by atoms with Crippen LogP contribution in [-0.2, 0) is 14.8 Å².